The smallest absolute Gasteiger partial charge is 0.344 e. The standard InChI is InChI=1S/C8H3F2IO6/c9-3-1-2(7(12)13)5(10)4(8(14)15)6(3)11(16)17/h1H,(H,12,13)(H,14,15). The predicted molar refractivity (Wildman–Crippen MR) is 54.4 cm³/mol. The first-order valence-electron chi connectivity index (χ1n) is 3.81. The van der Waals surface area contributed by atoms with Crippen LogP contribution in [0.4, 0.5) is 8.78 Å². The number of hydrogen-bond donors (Lipinski definition) is 2. The lowest BCUT2D eigenvalue weighted by molar-refractivity contribution is 0.0685. The maximum absolute atomic E-state index is 13.4. The van der Waals surface area contributed by atoms with Crippen LogP contribution in [0.15, 0.2) is 6.07 Å². The van der Waals surface area contributed by atoms with Gasteiger partial charge in [0, 0.05) is 0 Å². The van der Waals surface area contributed by atoms with E-state index in [1.165, 1.54) is 0 Å². The molecule has 2 N–H and O–H groups in total. The lowest BCUT2D eigenvalue weighted by atomic mass is 10.1. The summed E-state index contributed by atoms with van der Waals surface area (Å²) in [6.07, 6.45) is 0. The lowest BCUT2D eigenvalue weighted by Crippen LogP contribution is -2.12. The van der Waals surface area contributed by atoms with Crippen molar-refractivity contribution in [1.29, 1.82) is 0 Å². The van der Waals surface area contributed by atoms with Crippen molar-refractivity contribution in [2.45, 2.75) is 0 Å². The van der Waals surface area contributed by atoms with Crippen LogP contribution in [0.25, 0.3) is 0 Å². The number of rotatable bonds is 3. The molecule has 0 aliphatic heterocycles. The summed E-state index contributed by atoms with van der Waals surface area (Å²) in [5, 5.41) is 17.1. The number of benzene rings is 1. The highest BCUT2D eigenvalue weighted by Gasteiger charge is 2.28. The van der Waals surface area contributed by atoms with Crippen molar-refractivity contribution in [2.75, 3.05) is 0 Å². The van der Waals surface area contributed by atoms with Crippen LogP contribution in [0.2, 0.25) is 0 Å². The maximum atomic E-state index is 13.4. The molecule has 0 aliphatic carbocycles. The summed E-state index contributed by atoms with van der Waals surface area (Å²) in [7, 11) is 0. The van der Waals surface area contributed by atoms with Gasteiger partial charge in [-0.05, 0) is 6.07 Å². The highest BCUT2D eigenvalue weighted by Crippen LogP contribution is 2.29. The molecule has 0 saturated carbocycles. The van der Waals surface area contributed by atoms with Crippen LogP contribution < -0.4 is 0 Å². The molecule has 0 fully saturated rings. The summed E-state index contributed by atoms with van der Waals surface area (Å²) in [5.41, 5.74) is -2.71. The van der Waals surface area contributed by atoms with Gasteiger partial charge in [-0.15, -0.1) is 0 Å². The molecule has 9 heteroatoms. The molecule has 0 aromatic heterocycles. The summed E-state index contributed by atoms with van der Waals surface area (Å²) in [4.78, 5) is 21.1. The molecular formula is C8H3F2IO6. The van der Waals surface area contributed by atoms with Crippen molar-refractivity contribution in [3.63, 3.8) is 0 Å². The lowest BCUT2D eigenvalue weighted by Gasteiger charge is -2.04. The topological polar surface area (TPSA) is 109 Å². The van der Waals surface area contributed by atoms with Crippen LogP contribution in [0.5, 0.6) is 0 Å². The summed E-state index contributed by atoms with van der Waals surface area (Å²) in [6, 6.07) is 0.139. The molecule has 17 heavy (non-hydrogen) atoms. The Morgan fingerprint density at radius 1 is 1.12 bits per heavy atom. The van der Waals surface area contributed by atoms with Crippen molar-refractivity contribution in [1.82, 2.24) is 0 Å². The van der Waals surface area contributed by atoms with E-state index >= 15 is 0 Å². The van der Waals surface area contributed by atoms with E-state index in [0.29, 0.717) is 0 Å². The fourth-order valence-corrected chi connectivity index (χ4v) is 2.58. The average Bonchev–Trinajstić information content (AvgIpc) is 2.18. The van der Waals surface area contributed by atoms with Crippen molar-refractivity contribution in [2.24, 2.45) is 0 Å². The van der Waals surface area contributed by atoms with Crippen LogP contribution in [-0.4, -0.2) is 22.2 Å². The van der Waals surface area contributed by atoms with Crippen LogP contribution in [0, 0.1) is 15.2 Å². The van der Waals surface area contributed by atoms with Gasteiger partial charge in [-0.25, -0.2) is 24.5 Å². The zero-order valence-corrected chi connectivity index (χ0v) is 9.90. The molecule has 1 aromatic rings. The molecule has 0 atom stereocenters. The van der Waals surface area contributed by atoms with Gasteiger partial charge in [0.15, 0.2) is 5.82 Å². The second kappa shape index (κ2) is 4.69. The number of carbonyl (C=O) groups is 2. The van der Waals surface area contributed by atoms with Crippen molar-refractivity contribution in [3.05, 3.63) is 32.4 Å². The first-order valence-corrected chi connectivity index (χ1v) is 6.65. The Kier molecular flexibility index (Phi) is 3.70. The molecule has 92 valence electrons. The minimum absolute atomic E-state index is 0.139. The molecule has 0 amide bonds. The van der Waals surface area contributed by atoms with Gasteiger partial charge in [0.05, 0.1) is 5.56 Å². The Hall–Kier alpha value is -1.65. The van der Waals surface area contributed by atoms with E-state index in [4.69, 9.17) is 10.2 Å². The summed E-state index contributed by atoms with van der Waals surface area (Å²) in [6.45, 7) is 0. The molecule has 1 aromatic carbocycles. The first-order chi connectivity index (χ1) is 7.77. The van der Waals surface area contributed by atoms with Crippen LogP contribution >= 0.6 is 19.8 Å². The zero-order chi connectivity index (χ0) is 13.3. The van der Waals surface area contributed by atoms with Crippen LogP contribution in [0.3, 0.4) is 0 Å². The van der Waals surface area contributed by atoms with Gasteiger partial charge >= 0.3 is 31.7 Å². The molecular weight excluding hydrogens is 357 g/mol. The molecule has 0 spiro atoms. The Morgan fingerprint density at radius 3 is 2.00 bits per heavy atom. The van der Waals surface area contributed by atoms with Crippen molar-refractivity contribution in [3.8, 4) is 0 Å². The van der Waals surface area contributed by atoms with Crippen molar-refractivity contribution < 1.29 is 34.7 Å². The van der Waals surface area contributed by atoms with Gasteiger partial charge in [-0.3, -0.25) is 0 Å². The van der Waals surface area contributed by atoms with E-state index in [-0.39, 0.29) is 6.07 Å². The number of aromatic carboxylic acids is 2. The second-order valence-corrected chi connectivity index (χ2v) is 5.06. The average molecular weight is 360 g/mol. The molecule has 1 rings (SSSR count). The zero-order valence-electron chi connectivity index (χ0n) is 7.74. The quantitative estimate of drug-likeness (QED) is 0.628. The Bertz CT molecular complexity index is 584. The minimum Gasteiger partial charge on any atom is -0.478 e. The molecule has 6 nitrogen and oxygen atoms in total. The van der Waals surface area contributed by atoms with Crippen LogP contribution in [-0.2, 0) is 6.14 Å². The summed E-state index contributed by atoms with van der Waals surface area (Å²) < 4.78 is 46.7. The normalized spacial score (nSPS) is 10.5. The van der Waals surface area contributed by atoms with E-state index in [9.17, 15) is 24.5 Å². The Morgan fingerprint density at radius 2 is 1.65 bits per heavy atom. The number of hydrogen-bond acceptors (Lipinski definition) is 4. The number of halogens is 3. The third-order valence-electron chi connectivity index (χ3n) is 1.75. The Balaban J connectivity index is 3.84. The fraction of sp³-hybridized carbons (Fsp3) is 0. The van der Waals surface area contributed by atoms with E-state index in [2.05, 4.69) is 0 Å². The van der Waals surface area contributed by atoms with E-state index < -0.39 is 58.1 Å². The third kappa shape index (κ3) is 2.38. The molecule has 0 heterocycles. The van der Waals surface area contributed by atoms with Gasteiger partial charge in [-0.1, -0.05) is 0 Å². The van der Waals surface area contributed by atoms with E-state index in [1.807, 2.05) is 0 Å². The number of carboxylic acids is 2. The van der Waals surface area contributed by atoms with Gasteiger partial charge in [0.25, 0.3) is 0 Å². The SMILES string of the molecule is O=C(O)c1cc(F)c(I(=O)=O)c(C(=O)O)c1F. The monoisotopic (exact) mass is 360 g/mol. The summed E-state index contributed by atoms with van der Waals surface area (Å²) >= 11 is -4.61. The fourth-order valence-electron chi connectivity index (χ4n) is 1.10. The maximum Gasteiger partial charge on any atom is 0.344 e. The van der Waals surface area contributed by atoms with Gasteiger partial charge in [-0.2, -0.15) is 0 Å². The minimum atomic E-state index is -4.61. The van der Waals surface area contributed by atoms with E-state index in [0.717, 1.165) is 0 Å². The van der Waals surface area contributed by atoms with Crippen LogP contribution in [0.1, 0.15) is 20.7 Å². The van der Waals surface area contributed by atoms with E-state index in [1.54, 1.807) is 0 Å². The first kappa shape index (κ1) is 13.4. The molecule has 0 saturated heterocycles. The molecule has 0 aliphatic rings. The predicted octanol–water partition coefficient (Wildman–Crippen LogP) is 1.73. The Labute approximate surface area is 99.0 Å². The number of carboxylic acid groups (broad SMARTS) is 2. The largest absolute Gasteiger partial charge is 0.478 e. The highest BCUT2D eigenvalue weighted by molar-refractivity contribution is 14.2. The third-order valence-corrected chi connectivity index (χ3v) is 3.69. The van der Waals surface area contributed by atoms with Gasteiger partial charge in [0.2, 0.25) is 0 Å². The summed E-state index contributed by atoms with van der Waals surface area (Å²) in [5.74, 6) is -7.31. The van der Waals surface area contributed by atoms with Gasteiger partial charge in [0.1, 0.15) is 15.0 Å². The molecule has 0 radical (unpaired) electrons. The molecule has 0 unspecified atom stereocenters. The molecule has 0 bridgehead atoms. The van der Waals surface area contributed by atoms with Crippen molar-refractivity contribution >= 4 is 31.7 Å². The highest BCUT2D eigenvalue weighted by atomic mass is 127. The van der Waals surface area contributed by atoms with Gasteiger partial charge < -0.3 is 10.2 Å². The second-order valence-electron chi connectivity index (χ2n) is 2.74.